The van der Waals surface area contributed by atoms with Crippen LogP contribution in [0.15, 0.2) is 41.3 Å². The maximum Gasteiger partial charge on any atom is 0.252 e. The van der Waals surface area contributed by atoms with E-state index < -0.39 is 0 Å². The summed E-state index contributed by atoms with van der Waals surface area (Å²) in [5.74, 6) is 1.33. The summed E-state index contributed by atoms with van der Waals surface area (Å²) >= 11 is 0. The molecule has 1 N–H and O–H groups in total. The van der Waals surface area contributed by atoms with Gasteiger partial charge >= 0.3 is 0 Å². The molecule has 7 heteroatoms. The largest absolute Gasteiger partial charge is 0.341 e. The second-order valence-corrected chi connectivity index (χ2v) is 8.22. The molecule has 0 aliphatic carbocycles. The molecule has 2 aliphatic heterocycles. The molecule has 2 aliphatic rings. The number of nitrogens with one attached hydrogen (secondary N) is 1. The summed E-state index contributed by atoms with van der Waals surface area (Å²) in [7, 11) is 0. The number of aromatic amines is 1. The molecule has 1 atom stereocenters. The number of para-hydroxylation sites is 1. The van der Waals surface area contributed by atoms with Crippen LogP contribution in [0.4, 0.5) is 17.6 Å². The SMILES string of the molecule is Cc1nc(N2CCCCC2)ncc1-c1cc(=O)[nH]c(N2c3ccccc3C[C@H]2C)n1. The number of rotatable bonds is 3. The van der Waals surface area contributed by atoms with Gasteiger partial charge in [-0.3, -0.25) is 9.78 Å². The van der Waals surface area contributed by atoms with Crippen molar-refractivity contribution in [3.05, 3.63) is 58.1 Å². The fraction of sp³-hybridized carbons (Fsp3) is 0.391. The van der Waals surface area contributed by atoms with Crippen molar-refractivity contribution in [3.63, 3.8) is 0 Å². The smallest absolute Gasteiger partial charge is 0.252 e. The van der Waals surface area contributed by atoms with Gasteiger partial charge in [0, 0.05) is 42.6 Å². The van der Waals surface area contributed by atoms with Crippen LogP contribution in [0.3, 0.4) is 0 Å². The molecular weight excluding hydrogens is 376 g/mol. The molecule has 0 saturated carbocycles. The van der Waals surface area contributed by atoms with E-state index in [0.717, 1.165) is 42.4 Å². The Labute approximate surface area is 175 Å². The Morgan fingerprint density at radius 3 is 2.70 bits per heavy atom. The van der Waals surface area contributed by atoms with Crippen LogP contribution in [0, 0.1) is 6.92 Å². The molecule has 4 heterocycles. The molecule has 2 aromatic heterocycles. The number of anilines is 3. The van der Waals surface area contributed by atoms with E-state index in [0.29, 0.717) is 11.6 Å². The summed E-state index contributed by atoms with van der Waals surface area (Å²) < 4.78 is 0. The first kappa shape index (κ1) is 18.8. The molecule has 0 unspecified atom stereocenters. The van der Waals surface area contributed by atoms with Crippen LogP contribution >= 0.6 is 0 Å². The third kappa shape index (κ3) is 3.34. The summed E-state index contributed by atoms with van der Waals surface area (Å²) in [6.07, 6.45) is 6.36. The number of hydrogen-bond donors (Lipinski definition) is 1. The van der Waals surface area contributed by atoms with Crippen LogP contribution in [0.1, 0.15) is 37.4 Å². The molecule has 0 bridgehead atoms. The number of piperidine rings is 1. The first-order chi connectivity index (χ1) is 14.6. The Bertz CT molecular complexity index is 1130. The van der Waals surface area contributed by atoms with Crippen molar-refractivity contribution in [2.45, 2.75) is 45.6 Å². The van der Waals surface area contributed by atoms with Gasteiger partial charge in [0.25, 0.3) is 5.56 Å². The van der Waals surface area contributed by atoms with Crippen LogP contribution in [0.25, 0.3) is 11.3 Å². The highest BCUT2D eigenvalue weighted by Gasteiger charge is 2.29. The maximum absolute atomic E-state index is 12.5. The minimum absolute atomic E-state index is 0.175. The van der Waals surface area contributed by atoms with Gasteiger partial charge in [-0.15, -0.1) is 0 Å². The third-order valence-corrected chi connectivity index (χ3v) is 6.05. The molecule has 7 nitrogen and oxygen atoms in total. The predicted molar refractivity (Wildman–Crippen MR) is 118 cm³/mol. The topological polar surface area (TPSA) is 78.0 Å². The minimum Gasteiger partial charge on any atom is -0.341 e. The van der Waals surface area contributed by atoms with Gasteiger partial charge in [-0.25, -0.2) is 15.0 Å². The molecule has 30 heavy (non-hydrogen) atoms. The highest BCUT2D eigenvalue weighted by Crippen LogP contribution is 2.36. The van der Waals surface area contributed by atoms with Gasteiger partial charge in [0.1, 0.15) is 0 Å². The van der Waals surface area contributed by atoms with Crippen molar-refractivity contribution in [3.8, 4) is 11.3 Å². The van der Waals surface area contributed by atoms with E-state index in [1.807, 2.05) is 19.1 Å². The van der Waals surface area contributed by atoms with E-state index in [4.69, 9.17) is 9.97 Å². The lowest BCUT2D eigenvalue weighted by Crippen LogP contribution is -2.31. The molecule has 1 aromatic carbocycles. The number of H-pyrrole nitrogens is 1. The standard InChI is InChI=1S/C23H26N6O/c1-15-12-17-8-4-5-9-20(17)29(15)23-26-19(13-21(30)27-23)18-14-24-22(25-16(18)2)28-10-6-3-7-11-28/h4-5,8-9,13-15H,3,6-7,10-12H2,1-2H3,(H,26,27,30)/t15-/m1/s1. The summed E-state index contributed by atoms with van der Waals surface area (Å²) in [6, 6.07) is 10.0. The van der Waals surface area contributed by atoms with Gasteiger partial charge in [-0.2, -0.15) is 0 Å². The lowest BCUT2D eigenvalue weighted by molar-refractivity contribution is 0.568. The van der Waals surface area contributed by atoms with Crippen LogP contribution in [-0.2, 0) is 6.42 Å². The fourth-order valence-electron chi connectivity index (χ4n) is 4.54. The molecule has 0 radical (unpaired) electrons. The van der Waals surface area contributed by atoms with Crippen molar-refractivity contribution in [1.29, 1.82) is 0 Å². The van der Waals surface area contributed by atoms with Gasteiger partial charge < -0.3 is 9.80 Å². The molecule has 1 saturated heterocycles. The van der Waals surface area contributed by atoms with E-state index >= 15 is 0 Å². The molecule has 154 valence electrons. The Morgan fingerprint density at radius 1 is 1.10 bits per heavy atom. The van der Waals surface area contributed by atoms with Gasteiger partial charge in [-0.05, 0) is 51.2 Å². The second-order valence-electron chi connectivity index (χ2n) is 8.22. The molecule has 1 fully saturated rings. The monoisotopic (exact) mass is 402 g/mol. The van der Waals surface area contributed by atoms with E-state index in [2.05, 4.69) is 38.8 Å². The van der Waals surface area contributed by atoms with E-state index in [9.17, 15) is 4.79 Å². The second kappa shape index (κ2) is 7.55. The van der Waals surface area contributed by atoms with Crippen molar-refractivity contribution in [1.82, 2.24) is 19.9 Å². The van der Waals surface area contributed by atoms with Gasteiger partial charge in [-0.1, -0.05) is 18.2 Å². The van der Waals surface area contributed by atoms with E-state index in [1.165, 1.54) is 30.9 Å². The number of hydrogen-bond acceptors (Lipinski definition) is 6. The number of nitrogens with zero attached hydrogens (tertiary/aromatic N) is 5. The first-order valence-corrected chi connectivity index (χ1v) is 10.7. The van der Waals surface area contributed by atoms with E-state index in [1.54, 1.807) is 6.20 Å². The minimum atomic E-state index is -0.175. The zero-order valence-corrected chi connectivity index (χ0v) is 17.4. The number of benzene rings is 1. The quantitative estimate of drug-likeness (QED) is 0.721. The average Bonchev–Trinajstić information content (AvgIpc) is 3.09. The van der Waals surface area contributed by atoms with Gasteiger partial charge in [0.05, 0.1) is 11.4 Å². The van der Waals surface area contributed by atoms with Crippen LogP contribution in [0.5, 0.6) is 0 Å². The molecule has 0 spiro atoms. The maximum atomic E-state index is 12.5. The summed E-state index contributed by atoms with van der Waals surface area (Å²) in [6.45, 7) is 6.10. The first-order valence-electron chi connectivity index (χ1n) is 10.7. The highest BCUT2D eigenvalue weighted by atomic mass is 16.1. The van der Waals surface area contributed by atoms with Crippen LogP contribution < -0.4 is 15.4 Å². The van der Waals surface area contributed by atoms with Gasteiger partial charge in [0.15, 0.2) is 0 Å². The zero-order valence-electron chi connectivity index (χ0n) is 17.4. The van der Waals surface area contributed by atoms with Crippen molar-refractivity contribution in [2.75, 3.05) is 22.9 Å². The Hall–Kier alpha value is -3.22. The molecule has 5 rings (SSSR count). The number of aromatic nitrogens is 4. The summed E-state index contributed by atoms with van der Waals surface area (Å²) in [4.78, 5) is 33.9. The highest BCUT2D eigenvalue weighted by molar-refractivity contribution is 5.69. The lowest BCUT2D eigenvalue weighted by atomic mass is 10.1. The Balaban J connectivity index is 1.52. The normalized spacial score (nSPS) is 18.5. The van der Waals surface area contributed by atoms with Crippen molar-refractivity contribution >= 4 is 17.6 Å². The average molecular weight is 403 g/mol. The molecular formula is C23H26N6O. The third-order valence-electron chi connectivity index (χ3n) is 6.05. The Kier molecular flexibility index (Phi) is 4.73. The van der Waals surface area contributed by atoms with Crippen LogP contribution in [0.2, 0.25) is 0 Å². The molecule has 0 amide bonds. The molecule has 3 aromatic rings. The van der Waals surface area contributed by atoms with E-state index in [-0.39, 0.29) is 11.6 Å². The van der Waals surface area contributed by atoms with Crippen LogP contribution in [-0.4, -0.2) is 39.1 Å². The van der Waals surface area contributed by atoms with Crippen molar-refractivity contribution in [2.24, 2.45) is 0 Å². The Morgan fingerprint density at radius 2 is 1.90 bits per heavy atom. The fourth-order valence-corrected chi connectivity index (χ4v) is 4.54. The summed E-state index contributed by atoms with van der Waals surface area (Å²) in [5, 5.41) is 0. The predicted octanol–water partition coefficient (Wildman–Crippen LogP) is 3.61. The number of fused-ring (bicyclic) bond motifs is 1. The van der Waals surface area contributed by atoms with Gasteiger partial charge in [0.2, 0.25) is 11.9 Å². The summed E-state index contributed by atoms with van der Waals surface area (Å²) in [5.41, 5.74) is 4.43. The lowest BCUT2D eigenvalue weighted by Gasteiger charge is -2.27. The zero-order chi connectivity index (χ0) is 20.7. The van der Waals surface area contributed by atoms with Crippen molar-refractivity contribution < 1.29 is 0 Å². The number of aryl methyl sites for hydroxylation is 1.